The second kappa shape index (κ2) is 8.69. The van der Waals surface area contributed by atoms with Crippen molar-refractivity contribution in [2.45, 2.75) is 12.3 Å². The molecule has 1 amide bonds. The van der Waals surface area contributed by atoms with Crippen molar-refractivity contribution in [1.82, 2.24) is 9.88 Å². The lowest BCUT2D eigenvalue weighted by atomic mass is 9.91. The van der Waals surface area contributed by atoms with E-state index in [1.807, 2.05) is 66.7 Å². The Morgan fingerprint density at radius 1 is 1.07 bits per heavy atom. The molecule has 0 bridgehead atoms. The van der Waals surface area contributed by atoms with Crippen LogP contribution in [-0.2, 0) is 0 Å². The van der Waals surface area contributed by atoms with Crippen LogP contribution in [0.15, 0.2) is 84.0 Å². The van der Waals surface area contributed by atoms with Gasteiger partial charge in [0, 0.05) is 36.3 Å². The molecule has 1 unspecified atom stereocenters. The van der Waals surface area contributed by atoms with Gasteiger partial charge in [0.25, 0.3) is 5.91 Å². The highest BCUT2D eigenvalue weighted by Crippen LogP contribution is 2.31. The zero-order chi connectivity index (χ0) is 20.1. The van der Waals surface area contributed by atoms with E-state index in [-0.39, 0.29) is 11.8 Å². The largest absolute Gasteiger partial charge is 0.497 e. The van der Waals surface area contributed by atoms with Gasteiger partial charge in [0.05, 0.1) is 13.7 Å². The highest BCUT2D eigenvalue weighted by Gasteiger charge is 2.28. The van der Waals surface area contributed by atoms with Crippen LogP contribution in [0.3, 0.4) is 0 Å². The van der Waals surface area contributed by atoms with E-state index >= 15 is 0 Å². The van der Waals surface area contributed by atoms with Gasteiger partial charge in [0.15, 0.2) is 0 Å². The van der Waals surface area contributed by atoms with E-state index in [0.717, 1.165) is 22.8 Å². The summed E-state index contributed by atoms with van der Waals surface area (Å²) in [7, 11) is 1.66. The summed E-state index contributed by atoms with van der Waals surface area (Å²) in [6.45, 7) is 1.23. The van der Waals surface area contributed by atoms with E-state index in [1.54, 1.807) is 18.2 Å². The van der Waals surface area contributed by atoms with E-state index < -0.39 is 0 Å². The van der Waals surface area contributed by atoms with Gasteiger partial charge in [0.1, 0.15) is 11.6 Å². The third-order valence-electron chi connectivity index (χ3n) is 5.12. The summed E-state index contributed by atoms with van der Waals surface area (Å²) in [6, 6.07) is 23.3. The molecule has 29 heavy (non-hydrogen) atoms. The minimum absolute atomic E-state index is 0.00716. The van der Waals surface area contributed by atoms with Crippen LogP contribution >= 0.6 is 0 Å². The highest BCUT2D eigenvalue weighted by molar-refractivity contribution is 6.07. The van der Waals surface area contributed by atoms with Gasteiger partial charge < -0.3 is 4.74 Å². The molecule has 146 valence electrons. The lowest BCUT2D eigenvalue weighted by Crippen LogP contribution is -2.35. The fourth-order valence-corrected chi connectivity index (χ4v) is 3.64. The Balaban J connectivity index is 1.64. The standard InChI is InChI=1S/C24H23N3O2/c1-29-20-11-7-10-19(16-20)21(22-12-5-6-13-25-22)17-23-26-14-15-27(23)24(28)18-8-3-2-4-9-18/h2-13,16,21H,14-15,17H2,1H3. The molecule has 0 fully saturated rings. The van der Waals surface area contributed by atoms with E-state index in [0.29, 0.717) is 25.1 Å². The number of amides is 1. The van der Waals surface area contributed by atoms with Crippen molar-refractivity contribution in [3.05, 3.63) is 95.8 Å². The van der Waals surface area contributed by atoms with Crippen LogP contribution in [0, 0.1) is 0 Å². The first kappa shape index (κ1) is 18.9. The molecule has 0 aliphatic carbocycles. The maximum Gasteiger partial charge on any atom is 0.259 e. The fraction of sp³-hybridized carbons (Fsp3) is 0.208. The van der Waals surface area contributed by atoms with E-state index in [1.165, 1.54) is 0 Å². The minimum atomic E-state index is -0.0192. The van der Waals surface area contributed by atoms with Crippen LogP contribution in [0.4, 0.5) is 0 Å². The summed E-state index contributed by atoms with van der Waals surface area (Å²) in [5.74, 6) is 1.58. The van der Waals surface area contributed by atoms with Crippen molar-refractivity contribution < 1.29 is 9.53 Å². The third kappa shape index (κ3) is 4.19. The second-order valence-corrected chi connectivity index (χ2v) is 6.91. The number of benzene rings is 2. The topological polar surface area (TPSA) is 54.8 Å². The zero-order valence-corrected chi connectivity index (χ0v) is 16.4. The molecule has 0 N–H and O–H groups in total. The first-order chi connectivity index (χ1) is 14.3. The second-order valence-electron chi connectivity index (χ2n) is 6.91. The molecule has 2 aromatic carbocycles. The summed E-state index contributed by atoms with van der Waals surface area (Å²) in [4.78, 5) is 24.1. The SMILES string of the molecule is COc1cccc(C(CC2=NCCN2C(=O)c2ccccc2)c2ccccn2)c1. The lowest BCUT2D eigenvalue weighted by Gasteiger charge is -2.23. The van der Waals surface area contributed by atoms with E-state index in [9.17, 15) is 4.79 Å². The first-order valence-corrected chi connectivity index (χ1v) is 9.71. The first-order valence-electron chi connectivity index (χ1n) is 9.71. The number of hydrogen-bond donors (Lipinski definition) is 0. The molecule has 3 aromatic rings. The van der Waals surface area contributed by atoms with Crippen LogP contribution in [0.5, 0.6) is 5.75 Å². The number of rotatable bonds is 6. The number of aliphatic imine (C=N–C) groups is 1. The fourth-order valence-electron chi connectivity index (χ4n) is 3.64. The molecule has 0 radical (unpaired) electrons. The predicted octanol–water partition coefficient (Wildman–Crippen LogP) is 4.17. The summed E-state index contributed by atoms with van der Waals surface area (Å²) < 4.78 is 5.41. The Morgan fingerprint density at radius 3 is 2.66 bits per heavy atom. The minimum Gasteiger partial charge on any atom is -0.497 e. The summed E-state index contributed by atoms with van der Waals surface area (Å²) >= 11 is 0. The maximum atomic E-state index is 13.0. The number of aromatic nitrogens is 1. The van der Waals surface area contributed by atoms with E-state index in [4.69, 9.17) is 4.74 Å². The Kier molecular flexibility index (Phi) is 5.66. The number of nitrogens with zero attached hydrogens (tertiary/aromatic N) is 3. The molecular formula is C24H23N3O2. The Labute approximate surface area is 170 Å². The van der Waals surface area contributed by atoms with Gasteiger partial charge >= 0.3 is 0 Å². The molecule has 2 heterocycles. The van der Waals surface area contributed by atoms with Gasteiger partial charge in [-0.15, -0.1) is 0 Å². The van der Waals surface area contributed by atoms with Crippen LogP contribution in [0.25, 0.3) is 0 Å². The van der Waals surface area contributed by atoms with Gasteiger partial charge in [0.2, 0.25) is 0 Å². The molecule has 0 saturated heterocycles. The normalized spacial score (nSPS) is 14.4. The molecule has 4 rings (SSSR count). The number of ether oxygens (including phenoxy) is 1. The average Bonchev–Trinajstić information content (AvgIpc) is 3.26. The quantitative estimate of drug-likeness (QED) is 0.640. The molecule has 1 aliphatic rings. The molecule has 5 nitrogen and oxygen atoms in total. The van der Waals surface area contributed by atoms with Crippen LogP contribution in [0.1, 0.15) is 34.0 Å². The monoisotopic (exact) mass is 385 g/mol. The molecule has 1 aromatic heterocycles. The van der Waals surface area contributed by atoms with Crippen LogP contribution < -0.4 is 4.74 Å². The Bertz CT molecular complexity index is 1000. The van der Waals surface area contributed by atoms with Gasteiger partial charge in [-0.1, -0.05) is 36.4 Å². The molecule has 1 aliphatic heterocycles. The molecule has 0 spiro atoms. The Hall–Kier alpha value is -3.47. The van der Waals surface area contributed by atoms with Crippen molar-refractivity contribution in [1.29, 1.82) is 0 Å². The van der Waals surface area contributed by atoms with Crippen molar-refractivity contribution in [3.63, 3.8) is 0 Å². The molecule has 1 atom stereocenters. The van der Waals surface area contributed by atoms with Crippen molar-refractivity contribution in [2.75, 3.05) is 20.2 Å². The zero-order valence-electron chi connectivity index (χ0n) is 16.4. The predicted molar refractivity (Wildman–Crippen MR) is 113 cm³/mol. The van der Waals surface area contributed by atoms with Crippen LogP contribution in [-0.4, -0.2) is 41.8 Å². The van der Waals surface area contributed by atoms with E-state index in [2.05, 4.69) is 16.0 Å². The highest BCUT2D eigenvalue weighted by atomic mass is 16.5. The third-order valence-corrected chi connectivity index (χ3v) is 5.12. The number of amidine groups is 1. The van der Waals surface area contributed by atoms with Gasteiger partial charge in [-0.25, -0.2) is 0 Å². The number of pyridine rings is 1. The van der Waals surface area contributed by atoms with Gasteiger partial charge in [-0.05, 0) is 42.0 Å². The molecule has 5 heteroatoms. The van der Waals surface area contributed by atoms with Crippen LogP contribution in [0.2, 0.25) is 0 Å². The van der Waals surface area contributed by atoms with Crippen molar-refractivity contribution >= 4 is 11.7 Å². The summed E-state index contributed by atoms with van der Waals surface area (Å²) in [5, 5.41) is 0. The van der Waals surface area contributed by atoms with Crippen molar-refractivity contribution in [3.8, 4) is 5.75 Å². The number of methoxy groups -OCH3 is 1. The van der Waals surface area contributed by atoms with Gasteiger partial charge in [-0.2, -0.15) is 0 Å². The number of carbonyl (C=O) groups is 1. The maximum absolute atomic E-state index is 13.0. The summed E-state index contributed by atoms with van der Waals surface area (Å²) in [6.07, 6.45) is 2.40. The van der Waals surface area contributed by atoms with Crippen molar-refractivity contribution in [2.24, 2.45) is 4.99 Å². The number of carbonyl (C=O) groups excluding carboxylic acids is 1. The number of hydrogen-bond acceptors (Lipinski definition) is 4. The average molecular weight is 385 g/mol. The Morgan fingerprint density at radius 2 is 1.90 bits per heavy atom. The lowest BCUT2D eigenvalue weighted by molar-refractivity contribution is 0.0855. The smallest absolute Gasteiger partial charge is 0.259 e. The summed E-state index contributed by atoms with van der Waals surface area (Å²) in [5.41, 5.74) is 2.71. The van der Waals surface area contributed by atoms with Gasteiger partial charge in [-0.3, -0.25) is 19.7 Å². The molecular weight excluding hydrogens is 362 g/mol. The molecule has 0 saturated carbocycles.